The Balaban J connectivity index is 1.94. The van der Waals surface area contributed by atoms with E-state index in [4.69, 9.17) is 9.47 Å². The minimum absolute atomic E-state index is 0.154. The van der Waals surface area contributed by atoms with E-state index in [0.717, 1.165) is 24.3 Å². The summed E-state index contributed by atoms with van der Waals surface area (Å²) in [6.45, 7) is 5.84. The Hall–Kier alpha value is -2.41. The summed E-state index contributed by atoms with van der Waals surface area (Å²) in [4.78, 5) is 37.4. The van der Waals surface area contributed by atoms with Gasteiger partial charge in [-0.05, 0) is 38.8 Å². The van der Waals surface area contributed by atoms with Crippen molar-refractivity contribution < 1.29 is 28.8 Å². The molecule has 1 aliphatic heterocycles. The number of hydrogen-bond acceptors (Lipinski definition) is 5. The van der Waals surface area contributed by atoms with Gasteiger partial charge < -0.3 is 19.7 Å². The molecule has 26 heavy (non-hydrogen) atoms. The molecule has 0 saturated carbocycles. The number of piperidine rings is 1. The van der Waals surface area contributed by atoms with Crippen molar-refractivity contribution in [2.24, 2.45) is 5.92 Å². The minimum atomic E-state index is -0.462. The SMILES string of the molecule is CCOC(=O)c1ccccc1NC(=O)C[NH+]1CCC[C@@H](C(=O)OCC)C1. The first-order chi connectivity index (χ1) is 12.5. The smallest absolute Gasteiger partial charge is 0.340 e. The molecule has 1 heterocycles. The molecule has 2 atom stereocenters. The highest BCUT2D eigenvalue weighted by atomic mass is 16.5. The van der Waals surface area contributed by atoms with E-state index in [1.807, 2.05) is 0 Å². The van der Waals surface area contributed by atoms with Crippen molar-refractivity contribution in [3.63, 3.8) is 0 Å². The zero-order valence-corrected chi connectivity index (χ0v) is 15.4. The molecule has 2 N–H and O–H groups in total. The number of benzene rings is 1. The Bertz CT molecular complexity index is 647. The van der Waals surface area contributed by atoms with Gasteiger partial charge in [0.15, 0.2) is 6.54 Å². The minimum Gasteiger partial charge on any atom is -0.466 e. The van der Waals surface area contributed by atoms with Crippen molar-refractivity contribution in [1.82, 2.24) is 0 Å². The third-order valence-corrected chi connectivity index (χ3v) is 4.34. The van der Waals surface area contributed by atoms with Crippen molar-refractivity contribution in [2.75, 3.05) is 38.2 Å². The molecule has 1 aromatic rings. The third kappa shape index (κ3) is 5.56. The molecule has 0 aromatic heterocycles. The molecule has 2 rings (SSSR count). The van der Waals surface area contributed by atoms with Gasteiger partial charge >= 0.3 is 11.9 Å². The molecule has 0 spiro atoms. The molecule has 1 unspecified atom stereocenters. The van der Waals surface area contributed by atoms with E-state index in [2.05, 4.69) is 5.32 Å². The Morgan fingerprint density at radius 1 is 1.15 bits per heavy atom. The first-order valence-corrected chi connectivity index (χ1v) is 9.11. The van der Waals surface area contributed by atoms with E-state index < -0.39 is 5.97 Å². The maximum absolute atomic E-state index is 12.4. The Morgan fingerprint density at radius 2 is 1.88 bits per heavy atom. The number of carbonyl (C=O) groups is 3. The zero-order chi connectivity index (χ0) is 18.9. The largest absolute Gasteiger partial charge is 0.466 e. The van der Waals surface area contributed by atoms with Crippen LogP contribution in [0.3, 0.4) is 0 Å². The molecular formula is C19H27N2O5+. The lowest BCUT2D eigenvalue weighted by molar-refractivity contribution is -0.899. The summed E-state index contributed by atoms with van der Waals surface area (Å²) in [5.74, 6) is -0.992. The van der Waals surface area contributed by atoms with Crippen LogP contribution >= 0.6 is 0 Å². The molecule has 1 fully saturated rings. The van der Waals surface area contributed by atoms with Crippen LogP contribution in [0.15, 0.2) is 24.3 Å². The Kier molecular flexibility index (Phi) is 7.59. The van der Waals surface area contributed by atoms with Gasteiger partial charge in [0.2, 0.25) is 0 Å². The van der Waals surface area contributed by atoms with Crippen molar-refractivity contribution in [3.05, 3.63) is 29.8 Å². The summed E-state index contributed by atoms with van der Waals surface area (Å²) in [5.41, 5.74) is 0.773. The van der Waals surface area contributed by atoms with Gasteiger partial charge in [0.1, 0.15) is 5.92 Å². The number of hydrogen-bond donors (Lipinski definition) is 2. The summed E-state index contributed by atoms with van der Waals surface area (Å²) in [7, 11) is 0. The van der Waals surface area contributed by atoms with E-state index in [0.29, 0.717) is 24.4 Å². The number of esters is 2. The van der Waals surface area contributed by atoms with Crippen molar-refractivity contribution in [3.8, 4) is 0 Å². The Morgan fingerprint density at radius 3 is 2.62 bits per heavy atom. The molecule has 7 nitrogen and oxygen atoms in total. The third-order valence-electron chi connectivity index (χ3n) is 4.34. The molecule has 1 aliphatic rings. The molecule has 7 heteroatoms. The highest BCUT2D eigenvalue weighted by Gasteiger charge is 2.30. The lowest BCUT2D eigenvalue weighted by Crippen LogP contribution is -3.14. The summed E-state index contributed by atoms with van der Waals surface area (Å²) in [6.07, 6.45) is 1.68. The van der Waals surface area contributed by atoms with Gasteiger partial charge in [-0.3, -0.25) is 9.59 Å². The summed E-state index contributed by atoms with van der Waals surface area (Å²) < 4.78 is 10.1. The van der Waals surface area contributed by atoms with E-state index >= 15 is 0 Å². The number of ether oxygens (including phenoxy) is 2. The van der Waals surface area contributed by atoms with Crippen molar-refractivity contribution in [2.45, 2.75) is 26.7 Å². The highest BCUT2D eigenvalue weighted by molar-refractivity contribution is 6.01. The fraction of sp³-hybridized carbons (Fsp3) is 0.526. The van der Waals surface area contributed by atoms with Gasteiger partial charge in [0.25, 0.3) is 5.91 Å². The standard InChI is InChI=1S/C19H26N2O5/c1-3-25-18(23)14-8-7-11-21(12-14)13-17(22)20-16-10-6-5-9-15(16)19(24)26-4-2/h5-6,9-10,14H,3-4,7-8,11-13H2,1-2H3,(H,20,22)/p+1/t14-/m1/s1. The van der Waals surface area contributed by atoms with Gasteiger partial charge in [-0.25, -0.2) is 4.79 Å². The van der Waals surface area contributed by atoms with Crippen LogP contribution in [0.25, 0.3) is 0 Å². The average Bonchev–Trinajstić information content (AvgIpc) is 2.62. The summed E-state index contributed by atoms with van der Waals surface area (Å²) >= 11 is 0. The van der Waals surface area contributed by atoms with Crippen molar-refractivity contribution in [1.29, 1.82) is 0 Å². The van der Waals surface area contributed by atoms with Crippen LogP contribution in [0.5, 0.6) is 0 Å². The van der Waals surface area contributed by atoms with Crippen LogP contribution in [0.4, 0.5) is 5.69 Å². The molecule has 0 bridgehead atoms. The first kappa shape index (κ1) is 19.9. The van der Waals surface area contributed by atoms with Crippen LogP contribution in [0.1, 0.15) is 37.0 Å². The fourth-order valence-corrected chi connectivity index (χ4v) is 3.17. The average molecular weight is 363 g/mol. The highest BCUT2D eigenvalue weighted by Crippen LogP contribution is 2.16. The fourth-order valence-electron chi connectivity index (χ4n) is 3.17. The summed E-state index contributed by atoms with van der Waals surface area (Å²) in [6, 6.07) is 6.78. The first-order valence-electron chi connectivity index (χ1n) is 9.11. The van der Waals surface area contributed by atoms with Gasteiger partial charge in [0, 0.05) is 0 Å². The second-order valence-corrected chi connectivity index (χ2v) is 6.29. The number of quaternary nitrogens is 1. The molecule has 0 aliphatic carbocycles. The zero-order valence-electron chi connectivity index (χ0n) is 15.4. The number of anilines is 1. The number of para-hydroxylation sites is 1. The normalized spacial score (nSPS) is 19.5. The predicted octanol–water partition coefficient (Wildman–Crippen LogP) is 0.660. The number of nitrogens with one attached hydrogen (secondary N) is 2. The second-order valence-electron chi connectivity index (χ2n) is 6.29. The molecule has 1 aromatic carbocycles. The quantitative estimate of drug-likeness (QED) is 0.695. The maximum atomic E-state index is 12.4. The van der Waals surface area contributed by atoms with Crippen LogP contribution < -0.4 is 10.2 Å². The number of carbonyl (C=O) groups excluding carboxylic acids is 3. The van der Waals surface area contributed by atoms with Gasteiger partial charge in [-0.2, -0.15) is 0 Å². The van der Waals surface area contributed by atoms with E-state index in [1.165, 1.54) is 0 Å². The van der Waals surface area contributed by atoms with Gasteiger partial charge in [-0.15, -0.1) is 0 Å². The molecule has 1 saturated heterocycles. The van der Waals surface area contributed by atoms with Gasteiger partial charge in [0.05, 0.1) is 37.6 Å². The van der Waals surface area contributed by atoms with Crippen LogP contribution in [0, 0.1) is 5.92 Å². The van der Waals surface area contributed by atoms with E-state index in [-0.39, 0.29) is 30.9 Å². The monoisotopic (exact) mass is 363 g/mol. The number of rotatable bonds is 7. The molecule has 0 radical (unpaired) electrons. The molecule has 1 amide bonds. The molecule has 142 valence electrons. The second kappa shape index (κ2) is 9.91. The van der Waals surface area contributed by atoms with Crippen LogP contribution in [0.2, 0.25) is 0 Å². The van der Waals surface area contributed by atoms with Crippen LogP contribution in [-0.4, -0.2) is 50.7 Å². The van der Waals surface area contributed by atoms with E-state index in [1.54, 1.807) is 38.1 Å². The summed E-state index contributed by atoms with van der Waals surface area (Å²) in [5, 5.41) is 2.79. The lowest BCUT2D eigenvalue weighted by atomic mass is 9.98. The van der Waals surface area contributed by atoms with Gasteiger partial charge in [-0.1, -0.05) is 12.1 Å². The van der Waals surface area contributed by atoms with E-state index in [9.17, 15) is 14.4 Å². The lowest BCUT2D eigenvalue weighted by Gasteiger charge is -2.28. The maximum Gasteiger partial charge on any atom is 0.340 e. The Labute approximate surface area is 153 Å². The van der Waals surface area contributed by atoms with Crippen molar-refractivity contribution >= 4 is 23.5 Å². The topological polar surface area (TPSA) is 86.1 Å². The molecular weight excluding hydrogens is 336 g/mol. The number of amides is 1. The predicted molar refractivity (Wildman–Crippen MR) is 95.9 cm³/mol. The number of likely N-dealkylation sites (tertiary alicyclic amines) is 1. The van der Waals surface area contributed by atoms with Crippen LogP contribution in [-0.2, 0) is 19.1 Å².